The minimum Gasteiger partial charge on any atom is -0.497 e. The highest BCUT2D eigenvalue weighted by Crippen LogP contribution is 2.25. The lowest BCUT2D eigenvalue weighted by atomic mass is 10.0. The molecule has 3 rings (SSSR count). The summed E-state index contributed by atoms with van der Waals surface area (Å²) in [5.41, 5.74) is 3.66. The van der Waals surface area contributed by atoms with E-state index in [4.69, 9.17) is 4.74 Å². The molecule has 3 aromatic carbocycles. The summed E-state index contributed by atoms with van der Waals surface area (Å²) in [6.45, 7) is 7.03. The number of hydrogen-bond acceptors (Lipinski definition) is 5. The summed E-state index contributed by atoms with van der Waals surface area (Å²) in [6, 6.07) is 21.2. The molecule has 0 heterocycles. The first-order valence-electron chi connectivity index (χ1n) is 13.2. The number of nitrogens with one attached hydrogen (secondary N) is 1. The molecule has 0 aromatic heterocycles. The Hall–Kier alpha value is -3.85. The second kappa shape index (κ2) is 13.5. The summed E-state index contributed by atoms with van der Waals surface area (Å²) >= 11 is 0. The lowest BCUT2D eigenvalue weighted by Gasteiger charge is -2.34. The number of ether oxygens (including phenoxy) is 1. The van der Waals surface area contributed by atoms with Crippen molar-refractivity contribution in [3.8, 4) is 5.75 Å². The molecule has 0 aliphatic rings. The van der Waals surface area contributed by atoms with Crippen LogP contribution >= 0.6 is 0 Å². The summed E-state index contributed by atoms with van der Waals surface area (Å²) in [5, 5.41) is 2.95. The Kier molecular flexibility index (Phi) is 10.3. The van der Waals surface area contributed by atoms with E-state index < -0.39 is 28.5 Å². The molecule has 0 saturated heterocycles. The van der Waals surface area contributed by atoms with Crippen LogP contribution in [0.5, 0.6) is 5.75 Å². The molecule has 8 nitrogen and oxygen atoms in total. The number of nitrogens with zero attached hydrogens (tertiary/aromatic N) is 2. The summed E-state index contributed by atoms with van der Waals surface area (Å²) in [4.78, 5) is 29.2. The average Bonchev–Trinajstić information content (AvgIpc) is 2.90. The van der Waals surface area contributed by atoms with Gasteiger partial charge in [0, 0.05) is 19.0 Å². The normalized spacial score (nSPS) is 12.1. The molecule has 3 aromatic rings. The Labute approximate surface area is 238 Å². The quantitative estimate of drug-likeness (QED) is 0.354. The number of amides is 2. The smallest absolute Gasteiger partial charge is 0.244 e. The van der Waals surface area contributed by atoms with Crippen LogP contribution in [0.4, 0.5) is 5.69 Å². The van der Waals surface area contributed by atoms with Crippen molar-refractivity contribution >= 4 is 27.5 Å². The number of rotatable bonds is 12. The second-order valence-corrected chi connectivity index (χ2v) is 12.2. The van der Waals surface area contributed by atoms with E-state index in [9.17, 15) is 18.0 Å². The molecule has 0 bridgehead atoms. The predicted octanol–water partition coefficient (Wildman–Crippen LogP) is 4.24. The van der Waals surface area contributed by atoms with Gasteiger partial charge in [-0.05, 0) is 68.1 Å². The molecule has 1 N–H and O–H groups in total. The Morgan fingerprint density at radius 2 is 1.60 bits per heavy atom. The number of aryl methyl sites for hydroxylation is 2. The van der Waals surface area contributed by atoms with Crippen molar-refractivity contribution in [3.63, 3.8) is 0 Å². The van der Waals surface area contributed by atoms with Gasteiger partial charge in [0.05, 0.1) is 19.1 Å². The Morgan fingerprint density at radius 3 is 2.23 bits per heavy atom. The van der Waals surface area contributed by atoms with E-state index in [2.05, 4.69) is 5.32 Å². The standard InChI is InChI=1S/C31H39N3O5S/c1-22(2)32-31(36)29(19-25-11-8-7-9-12-25)33(20-26-13-10-14-27(18-26)39-5)30(35)21-34(40(6,37)38)28-17-23(3)15-16-24(28)4/h7-18,22,29H,19-21H2,1-6H3,(H,32,36)/t29-/m1/s1. The number of carbonyl (C=O) groups excluding carboxylic acids is 2. The van der Waals surface area contributed by atoms with Crippen molar-refractivity contribution in [2.75, 3.05) is 24.2 Å². The van der Waals surface area contributed by atoms with E-state index in [1.165, 1.54) is 4.90 Å². The molecule has 0 radical (unpaired) electrons. The van der Waals surface area contributed by atoms with Gasteiger partial charge in [-0.3, -0.25) is 13.9 Å². The van der Waals surface area contributed by atoms with E-state index in [0.717, 1.165) is 32.8 Å². The molecular formula is C31H39N3O5S. The minimum atomic E-state index is -3.83. The molecule has 1 atom stereocenters. The fourth-order valence-electron chi connectivity index (χ4n) is 4.49. The maximum atomic E-state index is 14.2. The van der Waals surface area contributed by atoms with Crippen molar-refractivity contribution in [2.45, 2.75) is 52.7 Å². The third kappa shape index (κ3) is 8.32. The molecule has 9 heteroatoms. The molecule has 0 fully saturated rings. The number of benzene rings is 3. The van der Waals surface area contributed by atoms with Gasteiger partial charge < -0.3 is 15.0 Å². The van der Waals surface area contributed by atoms with Crippen molar-refractivity contribution in [1.29, 1.82) is 0 Å². The monoisotopic (exact) mass is 565 g/mol. The van der Waals surface area contributed by atoms with Gasteiger partial charge in [0.25, 0.3) is 0 Å². The van der Waals surface area contributed by atoms with Crippen molar-refractivity contribution < 1.29 is 22.7 Å². The maximum Gasteiger partial charge on any atom is 0.244 e. The van der Waals surface area contributed by atoms with E-state index in [1.807, 2.05) is 75.4 Å². The van der Waals surface area contributed by atoms with Gasteiger partial charge in [0.2, 0.25) is 21.8 Å². The SMILES string of the molecule is COc1cccc(CN(C(=O)CN(c2cc(C)ccc2C)S(C)(=O)=O)[C@H](Cc2ccccc2)C(=O)NC(C)C)c1. The fourth-order valence-corrected chi connectivity index (χ4v) is 5.38. The van der Waals surface area contributed by atoms with Gasteiger partial charge in [-0.15, -0.1) is 0 Å². The van der Waals surface area contributed by atoms with Crippen LogP contribution in [-0.4, -0.2) is 57.1 Å². The minimum absolute atomic E-state index is 0.0868. The van der Waals surface area contributed by atoms with Crippen LogP contribution in [0.1, 0.15) is 36.1 Å². The summed E-state index contributed by atoms with van der Waals surface area (Å²) in [7, 11) is -2.27. The number of methoxy groups -OCH3 is 1. The van der Waals surface area contributed by atoms with Gasteiger partial charge in [0.15, 0.2) is 0 Å². The first kappa shape index (κ1) is 30.7. The summed E-state index contributed by atoms with van der Waals surface area (Å²) < 4.78 is 32.5. The van der Waals surface area contributed by atoms with E-state index in [-0.39, 0.29) is 24.9 Å². The predicted molar refractivity (Wildman–Crippen MR) is 159 cm³/mol. The zero-order valence-corrected chi connectivity index (χ0v) is 24.9. The van der Waals surface area contributed by atoms with Gasteiger partial charge in [-0.2, -0.15) is 0 Å². The third-order valence-electron chi connectivity index (χ3n) is 6.50. The Bertz CT molecular complexity index is 1420. The zero-order chi connectivity index (χ0) is 29.4. The molecule has 0 spiro atoms. The number of anilines is 1. The molecule has 0 unspecified atom stereocenters. The van der Waals surface area contributed by atoms with E-state index >= 15 is 0 Å². The highest BCUT2D eigenvalue weighted by atomic mass is 32.2. The highest BCUT2D eigenvalue weighted by molar-refractivity contribution is 7.92. The summed E-state index contributed by atoms with van der Waals surface area (Å²) in [5.74, 6) is -0.189. The van der Waals surface area contributed by atoms with Gasteiger partial charge in [-0.1, -0.05) is 54.6 Å². The number of sulfonamides is 1. The Balaban J connectivity index is 2.09. The lowest BCUT2D eigenvalue weighted by Crippen LogP contribution is -2.54. The summed E-state index contributed by atoms with van der Waals surface area (Å²) in [6.07, 6.45) is 1.35. The third-order valence-corrected chi connectivity index (χ3v) is 7.63. The molecule has 0 saturated carbocycles. The van der Waals surface area contributed by atoms with E-state index in [1.54, 1.807) is 32.2 Å². The van der Waals surface area contributed by atoms with Crippen LogP contribution in [0.25, 0.3) is 0 Å². The van der Waals surface area contributed by atoms with Crippen molar-refractivity contribution in [2.24, 2.45) is 0 Å². The molecule has 0 aliphatic heterocycles. The van der Waals surface area contributed by atoms with Crippen LogP contribution in [0, 0.1) is 13.8 Å². The second-order valence-electron chi connectivity index (χ2n) is 10.3. The van der Waals surface area contributed by atoms with Gasteiger partial charge in [-0.25, -0.2) is 8.42 Å². The zero-order valence-electron chi connectivity index (χ0n) is 24.0. The van der Waals surface area contributed by atoms with Crippen molar-refractivity contribution in [1.82, 2.24) is 10.2 Å². The van der Waals surface area contributed by atoms with Crippen LogP contribution in [0.15, 0.2) is 72.8 Å². The largest absolute Gasteiger partial charge is 0.497 e. The first-order chi connectivity index (χ1) is 18.9. The van der Waals surface area contributed by atoms with E-state index in [0.29, 0.717) is 11.4 Å². The molecular weight excluding hydrogens is 526 g/mol. The molecule has 0 aliphatic carbocycles. The van der Waals surface area contributed by atoms with Gasteiger partial charge in [0.1, 0.15) is 18.3 Å². The molecule has 40 heavy (non-hydrogen) atoms. The topological polar surface area (TPSA) is 96.0 Å². The molecule has 214 valence electrons. The van der Waals surface area contributed by atoms with Crippen LogP contribution in [-0.2, 0) is 32.6 Å². The number of carbonyl (C=O) groups is 2. The van der Waals surface area contributed by atoms with Gasteiger partial charge >= 0.3 is 0 Å². The van der Waals surface area contributed by atoms with Crippen LogP contribution in [0.3, 0.4) is 0 Å². The number of hydrogen-bond donors (Lipinski definition) is 1. The van der Waals surface area contributed by atoms with Crippen LogP contribution in [0.2, 0.25) is 0 Å². The highest BCUT2D eigenvalue weighted by Gasteiger charge is 2.33. The van der Waals surface area contributed by atoms with Crippen LogP contribution < -0.4 is 14.4 Å². The van der Waals surface area contributed by atoms with Crippen molar-refractivity contribution in [3.05, 3.63) is 95.1 Å². The Morgan fingerprint density at radius 1 is 0.925 bits per heavy atom. The maximum absolute atomic E-state index is 14.2. The average molecular weight is 566 g/mol. The lowest BCUT2D eigenvalue weighted by molar-refractivity contribution is -0.140. The first-order valence-corrected chi connectivity index (χ1v) is 15.1. The molecule has 2 amide bonds. The fraction of sp³-hybridized carbons (Fsp3) is 0.355.